The van der Waals surface area contributed by atoms with Crippen LogP contribution in [0.1, 0.15) is 25.3 Å². The second kappa shape index (κ2) is 6.41. The van der Waals surface area contributed by atoms with Crippen molar-refractivity contribution in [2.75, 3.05) is 18.1 Å². The maximum absolute atomic E-state index is 11.8. The van der Waals surface area contributed by atoms with E-state index >= 15 is 0 Å². The van der Waals surface area contributed by atoms with Gasteiger partial charge in [0, 0.05) is 22.3 Å². The summed E-state index contributed by atoms with van der Waals surface area (Å²) in [5, 5.41) is 0.573. The van der Waals surface area contributed by atoms with Gasteiger partial charge < -0.3 is 15.4 Å². The first kappa shape index (κ1) is 15.1. The molecular formula is C14H17ClN2O2S. The Labute approximate surface area is 128 Å². The number of nitrogens with zero attached hydrogens (tertiary/aromatic N) is 1. The van der Waals surface area contributed by atoms with E-state index in [9.17, 15) is 4.79 Å². The fourth-order valence-corrected chi connectivity index (χ4v) is 2.43. The van der Waals surface area contributed by atoms with Crippen LogP contribution in [-0.4, -0.2) is 30.2 Å². The SMILES string of the molecule is CCOC(=O)CN(c1ccc(Cl)cc1C(N)=S)C1CC1. The molecule has 2 N–H and O–H groups in total. The van der Waals surface area contributed by atoms with Crippen molar-refractivity contribution in [2.45, 2.75) is 25.8 Å². The topological polar surface area (TPSA) is 55.6 Å². The molecule has 1 aliphatic rings. The lowest BCUT2D eigenvalue weighted by atomic mass is 10.1. The summed E-state index contributed by atoms with van der Waals surface area (Å²) >= 11 is 11.1. The number of anilines is 1. The molecule has 0 radical (unpaired) electrons. The molecule has 0 spiro atoms. The van der Waals surface area contributed by atoms with Crippen LogP contribution in [0.3, 0.4) is 0 Å². The molecule has 2 rings (SSSR count). The average Bonchev–Trinajstić information content (AvgIpc) is 3.20. The first-order valence-electron chi connectivity index (χ1n) is 6.54. The molecule has 1 aliphatic carbocycles. The van der Waals surface area contributed by atoms with Gasteiger partial charge in [-0.3, -0.25) is 4.79 Å². The van der Waals surface area contributed by atoms with Crippen molar-refractivity contribution in [3.8, 4) is 0 Å². The van der Waals surface area contributed by atoms with Gasteiger partial charge in [-0.25, -0.2) is 0 Å². The molecule has 0 heterocycles. The van der Waals surface area contributed by atoms with Crippen LogP contribution in [0.2, 0.25) is 5.02 Å². The fourth-order valence-electron chi connectivity index (χ4n) is 2.10. The Kier molecular flexibility index (Phi) is 4.83. The summed E-state index contributed by atoms with van der Waals surface area (Å²) in [5.74, 6) is -0.247. The Bertz CT molecular complexity index is 532. The highest BCUT2D eigenvalue weighted by atomic mass is 35.5. The fraction of sp³-hybridized carbons (Fsp3) is 0.429. The largest absolute Gasteiger partial charge is 0.465 e. The quantitative estimate of drug-likeness (QED) is 0.646. The van der Waals surface area contributed by atoms with Crippen molar-refractivity contribution in [3.63, 3.8) is 0 Å². The minimum Gasteiger partial charge on any atom is -0.465 e. The normalized spacial score (nSPS) is 13.9. The van der Waals surface area contributed by atoms with Gasteiger partial charge in [0.2, 0.25) is 0 Å². The Morgan fingerprint density at radius 2 is 2.25 bits per heavy atom. The Balaban J connectivity index is 2.29. The van der Waals surface area contributed by atoms with Gasteiger partial charge in [0.25, 0.3) is 0 Å². The predicted molar refractivity (Wildman–Crippen MR) is 84.3 cm³/mol. The van der Waals surface area contributed by atoms with Crippen LogP contribution < -0.4 is 10.6 Å². The van der Waals surface area contributed by atoms with Crippen LogP contribution in [0.25, 0.3) is 0 Å². The summed E-state index contributed by atoms with van der Waals surface area (Å²) < 4.78 is 5.03. The molecule has 0 aliphatic heterocycles. The standard InChI is InChI=1S/C14H17ClN2O2S/c1-2-19-13(18)8-17(10-4-5-10)12-6-3-9(15)7-11(12)14(16)20/h3,6-7,10H,2,4-5,8H2,1H3,(H2,16,20). The number of halogens is 1. The second-order valence-corrected chi connectivity index (χ2v) is 5.57. The van der Waals surface area contributed by atoms with E-state index in [2.05, 4.69) is 0 Å². The van der Waals surface area contributed by atoms with E-state index in [4.69, 9.17) is 34.3 Å². The Morgan fingerprint density at radius 1 is 1.55 bits per heavy atom. The summed E-state index contributed by atoms with van der Waals surface area (Å²) in [6.45, 7) is 2.37. The van der Waals surface area contributed by atoms with Gasteiger partial charge in [-0.1, -0.05) is 23.8 Å². The number of ether oxygens (including phenoxy) is 1. The van der Waals surface area contributed by atoms with Crippen molar-refractivity contribution < 1.29 is 9.53 Å². The van der Waals surface area contributed by atoms with E-state index in [1.807, 2.05) is 11.0 Å². The number of hydrogen-bond donors (Lipinski definition) is 1. The van der Waals surface area contributed by atoms with E-state index < -0.39 is 0 Å². The molecule has 6 heteroatoms. The van der Waals surface area contributed by atoms with Gasteiger partial charge in [-0.15, -0.1) is 0 Å². The van der Waals surface area contributed by atoms with E-state index in [-0.39, 0.29) is 17.5 Å². The number of carbonyl (C=O) groups excluding carboxylic acids is 1. The molecule has 0 aromatic heterocycles. The summed E-state index contributed by atoms with van der Waals surface area (Å²) in [4.78, 5) is 14.0. The summed E-state index contributed by atoms with van der Waals surface area (Å²) in [5.41, 5.74) is 7.30. The van der Waals surface area contributed by atoms with Gasteiger partial charge >= 0.3 is 5.97 Å². The maximum Gasteiger partial charge on any atom is 0.325 e. The Hall–Kier alpha value is -1.33. The van der Waals surface area contributed by atoms with Crippen molar-refractivity contribution >= 4 is 40.5 Å². The molecule has 108 valence electrons. The van der Waals surface area contributed by atoms with Gasteiger partial charge in [-0.05, 0) is 38.0 Å². The monoisotopic (exact) mass is 312 g/mol. The molecule has 1 aromatic carbocycles. The van der Waals surface area contributed by atoms with Gasteiger partial charge in [-0.2, -0.15) is 0 Å². The molecule has 1 aromatic rings. The number of carbonyl (C=O) groups is 1. The number of nitrogens with two attached hydrogens (primary N) is 1. The van der Waals surface area contributed by atoms with E-state index in [0.29, 0.717) is 23.2 Å². The van der Waals surface area contributed by atoms with Gasteiger partial charge in [0.05, 0.1) is 6.61 Å². The van der Waals surface area contributed by atoms with Crippen molar-refractivity contribution in [1.29, 1.82) is 0 Å². The van der Waals surface area contributed by atoms with Crippen LogP contribution >= 0.6 is 23.8 Å². The highest BCUT2D eigenvalue weighted by Gasteiger charge is 2.32. The maximum atomic E-state index is 11.8. The van der Waals surface area contributed by atoms with Crippen molar-refractivity contribution in [1.82, 2.24) is 0 Å². The summed E-state index contributed by atoms with van der Waals surface area (Å²) in [6.07, 6.45) is 2.11. The number of benzene rings is 1. The highest BCUT2D eigenvalue weighted by molar-refractivity contribution is 7.80. The third-order valence-electron chi connectivity index (χ3n) is 3.13. The molecule has 0 amide bonds. The lowest BCUT2D eigenvalue weighted by molar-refractivity contribution is -0.141. The number of esters is 1. The summed E-state index contributed by atoms with van der Waals surface area (Å²) in [6, 6.07) is 5.71. The number of hydrogen-bond acceptors (Lipinski definition) is 4. The molecule has 0 saturated heterocycles. The second-order valence-electron chi connectivity index (χ2n) is 4.69. The lowest BCUT2D eigenvalue weighted by Crippen LogP contribution is -2.34. The molecule has 1 fully saturated rings. The average molecular weight is 313 g/mol. The molecule has 4 nitrogen and oxygen atoms in total. The zero-order valence-corrected chi connectivity index (χ0v) is 12.8. The van der Waals surface area contributed by atoms with Gasteiger partial charge in [0.15, 0.2) is 0 Å². The smallest absolute Gasteiger partial charge is 0.325 e. The molecule has 0 unspecified atom stereocenters. The molecule has 1 saturated carbocycles. The van der Waals surface area contributed by atoms with Crippen molar-refractivity contribution in [2.24, 2.45) is 5.73 Å². The minimum absolute atomic E-state index is 0.204. The van der Waals surface area contributed by atoms with Crippen LogP contribution in [0.5, 0.6) is 0 Å². The first-order valence-corrected chi connectivity index (χ1v) is 7.33. The summed E-state index contributed by atoms with van der Waals surface area (Å²) in [7, 11) is 0. The van der Waals surface area contributed by atoms with Gasteiger partial charge in [0.1, 0.15) is 11.5 Å². The Morgan fingerprint density at radius 3 is 2.80 bits per heavy atom. The van der Waals surface area contributed by atoms with Crippen molar-refractivity contribution in [3.05, 3.63) is 28.8 Å². The highest BCUT2D eigenvalue weighted by Crippen LogP contribution is 2.34. The van der Waals surface area contributed by atoms with E-state index in [1.165, 1.54) is 0 Å². The zero-order valence-electron chi connectivity index (χ0n) is 11.3. The molecule has 0 bridgehead atoms. The van der Waals surface area contributed by atoms with E-state index in [0.717, 1.165) is 18.5 Å². The number of rotatable bonds is 6. The predicted octanol–water partition coefficient (Wildman–Crippen LogP) is 2.51. The van der Waals surface area contributed by atoms with Crippen LogP contribution in [0, 0.1) is 0 Å². The van der Waals surface area contributed by atoms with Crippen LogP contribution in [0.4, 0.5) is 5.69 Å². The third-order valence-corrected chi connectivity index (χ3v) is 3.58. The van der Waals surface area contributed by atoms with Crippen LogP contribution in [0.15, 0.2) is 18.2 Å². The molecular weight excluding hydrogens is 296 g/mol. The zero-order chi connectivity index (χ0) is 14.7. The van der Waals surface area contributed by atoms with E-state index in [1.54, 1.807) is 19.1 Å². The molecule has 20 heavy (non-hydrogen) atoms. The minimum atomic E-state index is -0.247. The number of thiocarbonyl (C=S) groups is 1. The lowest BCUT2D eigenvalue weighted by Gasteiger charge is -2.26. The first-order chi connectivity index (χ1) is 9.52. The molecule has 0 atom stereocenters. The third kappa shape index (κ3) is 3.61. The van der Waals surface area contributed by atoms with Crippen LogP contribution in [-0.2, 0) is 9.53 Å².